The molecule has 0 aliphatic carbocycles. The summed E-state index contributed by atoms with van der Waals surface area (Å²) in [6.45, 7) is -0.224. The first-order chi connectivity index (χ1) is 11.6. The normalized spacial score (nSPS) is 10.3. The van der Waals surface area contributed by atoms with Crippen molar-refractivity contribution in [2.45, 2.75) is 0 Å². The van der Waals surface area contributed by atoms with Crippen LogP contribution >= 0.6 is 0 Å². The minimum absolute atomic E-state index is 0.0908. The Morgan fingerprint density at radius 3 is 2.79 bits per heavy atom. The van der Waals surface area contributed by atoms with Gasteiger partial charge in [0, 0.05) is 29.4 Å². The van der Waals surface area contributed by atoms with E-state index in [1.54, 1.807) is 18.3 Å². The molecule has 24 heavy (non-hydrogen) atoms. The maximum absolute atomic E-state index is 12.0. The van der Waals surface area contributed by atoms with E-state index < -0.39 is 10.8 Å². The number of hydrogen-bond acceptors (Lipinski definition) is 5. The third-order valence-corrected chi connectivity index (χ3v) is 3.30. The maximum atomic E-state index is 12.0. The van der Waals surface area contributed by atoms with E-state index in [9.17, 15) is 14.9 Å². The second kappa shape index (κ2) is 6.74. The van der Waals surface area contributed by atoms with Gasteiger partial charge in [-0.2, -0.15) is 0 Å². The number of fused-ring (bicyclic) bond motifs is 1. The molecule has 0 saturated carbocycles. The number of nitrogens with one attached hydrogen (secondary N) is 1. The summed E-state index contributed by atoms with van der Waals surface area (Å²) in [4.78, 5) is 26.4. The number of nitro groups is 1. The number of para-hydroxylation sites is 1. The SMILES string of the molecule is O=C(COc1cccc2cccnc12)Nc1cccc([N+](=O)[O-])c1. The molecule has 0 fully saturated rings. The first kappa shape index (κ1) is 15.4. The van der Waals surface area contributed by atoms with Crippen LogP contribution in [0.1, 0.15) is 0 Å². The van der Waals surface area contributed by atoms with Gasteiger partial charge in [-0.15, -0.1) is 0 Å². The van der Waals surface area contributed by atoms with Crippen molar-refractivity contribution in [2.24, 2.45) is 0 Å². The van der Waals surface area contributed by atoms with Crippen LogP contribution in [0, 0.1) is 10.1 Å². The fourth-order valence-corrected chi connectivity index (χ4v) is 2.23. The summed E-state index contributed by atoms with van der Waals surface area (Å²) in [7, 11) is 0. The summed E-state index contributed by atoms with van der Waals surface area (Å²) in [6, 6.07) is 14.9. The molecule has 0 bridgehead atoms. The van der Waals surface area contributed by atoms with Crippen molar-refractivity contribution in [3.05, 3.63) is 70.9 Å². The van der Waals surface area contributed by atoms with Crippen molar-refractivity contribution < 1.29 is 14.5 Å². The van der Waals surface area contributed by atoms with Crippen LogP contribution < -0.4 is 10.1 Å². The van der Waals surface area contributed by atoms with Crippen LogP contribution in [0.5, 0.6) is 5.75 Å². The van der Waals surface area contributed by atoms with Crippen molar-refractivity contribution in [2.75, 3.05) is 11.9 Å². The number of aromatic nitrogens is 1. The lowest BCUT2D eigenvalue weighted by Gasteiger charge is -2.09. The maximum Gasteiger partial charge on any atom is 0.271 e. The van der Waals surface area contributed by atoms with Gasteiger partial charge >= 0.3 is 0 Å². The third kappa shape index (κ3) is 3.46. The van der Waals surface area contributed by atoms with E-state index in [0.29, 0.717) is 17.0 Å². The van der Waals surface area contributed by atoms with Crippen LogP contribution in [-0.4, -0.2) is 22.4 Å². The van der Waals surface area contributed by atoms with Crippen LogP contribution in [0.2, 0.25) is 0 Å². The lowest BCUT2D eigenvalue weighted by atomic mass is 10.2. The highest BCUT2D eigenvalue weighted by molar-refractivity contribution is 5.92. The monoisotopic (exact) mass is 323 g/mol. The molecule has 3 rings (SSSR count). The molecule has 0 aliphatic rings. The van der Waals surface area contributed by atoms with Crippen LogP contribution in [0.25, 0.3) is 10.9 Å². The molecule has 0 aliphatic heterocycles. The molecule has 0 atom stereocenters. The van der Waals surface area contributed by atoms with Gasteiger partial charge < -0.3 is 10.1 Å². The molecule has 1 aromatic heterocycles. The number of amides is 1. The molecule has 7 nitrogen and oxygen atoms in total. The molecule has 1 N–H and O–H groups in total. The van der Waals surface area contributed by atoms with Crippen LogP contribution in [0.15, 0.2) is 60.8 Å². The fourth-order valence-electron chi connectivity index (χ4n) is 2.23. The number of rotatable bonds is 5. The summed E-state index contributed by atoms with van der Waals surface area (Å²) in [6.07, 6.45) is 1.65. The number of hydrogen-bond donors (Lipinski definition) is 1. The molecule has 2 aromatic carbocycles. The minimum Gasteiger partial charge on any atom is -0.481 e. The molecule has 0 unspecified atom stereocenters. The smallest absolute Gasteiger partial charge is 0.271 e. The molecule has 1 amide bonds. The Balaban J connectivity index is 1.67. The van der Waals surface area contributed by atoms with Crippen LogP contribution in [-0.2, 0) is 4.79 Å². The zero-order valence-electron chi connectivity index (χ0n) is 12.5. The Hall–Kier alpha value is -3.48. The number of non-ortho nitro benzene ring substituents is 1. The van der Waals surface area contributed by atoms with Crippen molar-refractivity contribution >= 4 is 28.2 Å². The Kier molecular flexibility index (Phi) is 4.33. The van der Waals surface area contributed by atoms with Crippen LogP contribution in [0.3, 0.4) is 0 Å². The van der Waals surface area contributed by atoms with E-state index in [2.05, 4.69) is 10.3 Å². The Labute approximate surface area is 137 Å². The highest BCUT2D eigenvalue weighted by atomic mass is 16.6. The number of nitro benzene ring substituents is 1. The number of anilines is 1. The zero-order chi connectivity index (χ0) is 16.9. The minimum atomic E-state index is -0.520. The second-order valence-electron chi connectivity index (χ2n) is 4.98. The van der Waals surface area contributed by atoms with Crippen LogP contribution in [0.4, 0.5) is 11.4 Å². The molecule has 0 spiro atoms. The van der Waals surface area contributed by atoms with E-state index in [-0.39, 0.29) is 12.3 Å². The summed E-state index contributed by atoms with van der Waals surface area (Å²) < 4.78 is 5.52. The topological polar surface area (TPSA) is 94.4 Å². The van der Waals surface area contributed by atoms with Gasteiger partial charge in [-0.25, -0.2) is 0 Å². The first-order valence-corrected chi connectivity index (χ1v) is 7.14. The highest BCUT2D eigenvalue weighted by Gasteiger charge is 2.10. The highest BCUT2D eigenvalue weighted by Crippen LogP contribution is 2.23. The molecule has 120 valence electrons. The van der Waals surface area contributed by atoms with Gasteiger partial charge in [0.1, 0.15) is 11.3 Å². The van der Waals surface area contributed by atoms with Gasteiger partial charge in [0.05, 0.1) is 4.92 Å². The van der Waals surface area contributed by atoms with Crippen molar-refractivity contribution in [3.8, 4) is 5.75 Å². The molecule has 0 radical (unpaired) electrons. The van der Waals surface area contributed by atoms with E-state index in [4.69, 9.17) is 4.74 Å². The molecule has 0 saturated heterocycles. The average molecular weight is 323 g/mol. The standard InChI is InChI=1S/C17H13N3O4/c21-16(19-13-6-2-7-14(10-13)20(22)23)11-24-15-8-1-4-12-5-3-9-18-17(12)15/h1-10H,11H2,(H,19,21). The summed E-state index contributed by atoms with van der Waals surface area (Å²) in [5.41, 5.74) is 0.920. The molecule has 7 heteroatoms. The van der Waals surface area contributed by atoms with Crippen molar-refractivity contribution in [3.63, 3.8) is 0 Å². The fraction of sp³-hybridized carbons (Fsp3) is 0.0588. The number of carbonyl (C=O) groups is 1. The lowest BCUT2D eigenvalue weighted by Crippen LogP contribution is -2.20. The van der Waals surface area contributed by atoms with Gasteiger partial charge in [-0.05, 0) is 18.2 Å². The number of benzene rings is 2. The van der Waals surface area contributed by atoms with Gasteiger partial charge in [0.15, 0.2) is 6.61 Å². The Morgan fingerprint density at radius 2 is 1.96 bits per heavy atom. The third-order valence-electron chi connectivity index (χ3n) is 3.30. The van der Waals surface area contributed by atoms with Gasteiger partial charge in [0.25, 0.3) is 11.6 Å². The Bertz CT molecular complexity index is 906. The lowest BCUT2D eigenvalue weighted by molar-refractivity contribution is -0.384. The first-order valence-electron chi connectivity index (χ1n) is 7.14. The molecular formula is C17H13N3O4. The number of ether oxygens (including phenoxy) is 1. The predicted octanol–water partition coefficient (Wildman–Crippen LogP) is 3.16. The summed E-state index contributed by atoms with van der Waals surface area (Å²) in [5, 5.41) is 14.2. The summed E-state index contributed by atoms with van der Waals surface area (Å²) >= 11 is 0. The largest absolute Gasteiger partial charge is 0.481 e. The van der Waals surface area contributed by atoms with E-state index in [1.165, 1.54) is 18.2 Å². The van der Waals surface area contributed by atoms with Crippen molar-refractivity contribution in [1.82, 2.24) is 4.98 Å². The Morgan fingerprint density at radius 1 is 1.17 bits per heavy atom. The molecule has 1 heterocycles. The average Bonchev–Trinajstić information content (AvgIpc) is 2.60. The van der Waals surface area contributed by atoms with Gasteiger partial charge in [0.2, 0.25) is 0 Å². The van der Waals surface area contributed by atoms with Gasteiger partial charge in [-0.3, -0.25) is 19.9 Å². The van der Waals surface area contributed by atoms with E-state index in [0.717, 1.165) is 5.39 Å². The zero-order valence-corrected chi connectivity index (χ0v) is 12.5. The second-order valence-corrected chi connectivity index (χ2v) is 4.98. The van der Waals surface area contributed by atoms with E-state index in [1.807, 2.05) is 24.3 Å². The quantitative estimate of drug-likeness (QED) is 0.575. The molecular weight excluding hydrogens is 310 g/mol. The van der Waals surface area contributed by atoms with Crippen molar-refractivity contribution in [1.29, 1.82) is 0 Å². The predicted molar refractivity (Wildman–Crippen MR) is 89.0 cm³/mol. The number of carbonyl (C=O) groups excluding carboxylic acids is 1. The van der Waals surface area contributed by atoms with Gasteiger partial charge in [-0.1, -0.05) is 24.3 Å². The number of nitrogens with zero attached hydrogens (tertiary/aromatic N) is 2. The molecule has 3 aromatic rings. The number of pyridine rings is 1. The van der Waals surface area contributed by atoms with E-state index >= 15 is 0 Å². The summed E-state index contributed by atoms with van der Waals surface area (Å²) in [5.74, 6) is 0.0886.